The maximum absolute atomic E-state index is 13.2. The molecular formula is C20H38N4O6. The van der Waals surface area contributed by atoms with Crippen molar-refractivity contribution < 1.29 is 28.8 Å². The van der Waals surface area contributed by atoms with Crippen molar-refractivity contribution in [1.82, 2.24) is 20.5 Å². The average molecular weight is 431 g/mol. The van der Waals surface area contributed by atoms with E-state index in [1.165, 1.54) is 0 Å². The first kappa shape index (κ1) is 24.6. The summed E-state index contributed by atoms with van der Waals surface area (Å²) in [6.45, 7) is 9.46. The minimum atomic E-state index is -1.59. The summed E-state index contributed by atoms with van der Waals surface area (Å²) in [5, 5.41) is 6.15. The van der Waals surface area contributed by atoms with Gasteiger partial charge in [0.2, 0.25) is 6.17 Å². The number of hydroxylamine groups is 6. The van der Waals surface area contributed by atoms with Crippen LogP contribution in [0.5, 0.6) is 0 Å². The number of unbranched alkanes of at least 4 members (excludes halogenated alkanes) is 4. The molecule has 2 rings (SSSR count). The lowest BCUT2D eigenvalue weighted by atomic mass is 10.3. The van der Waals surface area contributed by atoms with E-state index in [9.17, 15) is 9.59 Å². The first-order valence-electron chi connectivity index (χ1n) is 11.3. The molecule has 2 unspecified atom stereocenters. The zero-order chi connectivity index (χ0) is 22.0. The third kappa shape index (κ3) is 5.16. The molecule has 2 atom stereocenters. The molecule has 10 heteroatoms. The van der Waals surface area contributed by atoms with Crippen molar-refractivity contribution in [3.8, 4) is 0 Å². The van der Waals surface area contributed by atoms with Crippen LogP contribution >= 0.6 is 0 Å². The Hall–Kier alpha value is -1.62. The van der Waals surface area contributed by atoms with Crippen LogP contribution in [0.25, 0.3) is 0 Å². The molecule has 0 spiro atoms. The smallest absolute Gasteiger partial charge is 0.331 e. The number of hydrogen-bond acceptors (Lipinski definition) is 6. The molecule has 2 aliphatic rings. The number of rotatable bonds is 16. The molecule has 174 valence electrons. The van der Waals surface area contributed by atoms with Gasteiger partial charge < -0.3 is 10.1 Å². The van der Waals surface area contributed by atoms with Gasteiger partial charge in [0.15, 0.2) is 0 Å². The summed E-state index contributed by atoms with van der Waals surface area (Å²) in [5.41, 5.74) is 0. The number of nitrogens with zero attached hydrogens (tertiary/aromatic N) is 3. The van der Waals surface area contributed by atoms with Crippen LogP contribution in [0.3, 0.4) is 0 Å². The molecule has 0 aromatic rings. The Morgan fingerprint density at radius 1 is 0.767 bits per heavy atom. The number of fused-ring (bicyclic) bond motifs is 1. The zero-order valence-corrected chi connectivity index (χ0v) is 18.9. The van der Waals surface area contributed by atoms with Gasteiger partial charge in [0.05, 0.1) is 26.4 Å². The molecule has 4 amide bonds. The van der Waals surface area contributed by atoms with Crippen molar-refractivity contribution in [3.05, 3.63) is 0 Å². The lowest BCUT2D eigenvalue weighted by Crippen LogP contribution is -2.62. The number of carbonyl (C=O) groups excluding carboxylic acids is 2. The van der Waals surface area contributed by atoms with Gasteiger partial charge in [0.25, 0.3) is 0 Å². The molecule has 2 heterocycles. The highest BCUT2D eigenvalue weighted by atomic mass is 16.8. The molecule has 0 radical (unpaired) electrons. The lowest BCUT2D eigenvalue weighted by Gasteiger charge is -2.38. The third-order valence-corrected chi connectivity index (χ3v) is 4.96. The standard InChI is InChI=1S/C20H38N4O6/c1-5-9-13-27-20-17(21-18(25)23(20)29-15-11-7-3)22(28-14-10-6-2)19(26)24(20)30-16-12-8-4/h17H,5-16H2,1-4H3,(H,21,25). The van der Waals surface area contributed by atoms with Crippen LogP contribution in [0.4, 0.5) is 9.59 Å². The van der Waals surface area contributed by atoms with E-state index < -0.39 is 24.1 Å². The fraction of sp³-hybridized carbons (Fsp3) is 0.900. The van der Waals surface area contributed by atoms with Gasteiger partial charge in [-0.25, -0.2) is 9.59 Å². The van der Waals surface area contributed by atoms with Crippen molar-refractivity contribution in [2.75, 3.05) is 26.4 Å². The first-order chi connectivity index (χ1) is 14.6. The van der Waals surface area contributed by atoms with E-state index in [0.29, 0.717) is 26.4 Å². The summed E-state index contributed by atoms with van der Waals surface area (Å²) in [6, 6.07) is -1.01. The Kier molecular flexibility index (Phi) is 10.1. The van der Waals surface area contributed by atoms with Gasteiger partial charge in [0, 0.05) is 0 Å². The molecule has 2 fully saturated rings. The minimum Gasteiger partial charge on any atom is -0.331 e. The summed E-state index contributed by atoms with van der Waals surface area (Å²) >= 11 is 0. The van der Waals surface area contributed by atoms with Gasteiger partial charge in [-0.1, -0.05) is 53.4 Å². The molecule has 30 heavy (non-hydrogen) atoms. The zero-order valence-electron chi connectivity index (χ0n) is 18.9. The van der Waals surface area contributed by atoms with Crippen LogP contribution in [0.15, 0.2) is 0 Å². The second kappa shape index (κ2) is 12.3. The highest BCUT2D eigenvalue weighted by Crippen LogP contribution is 2.41. The molecular weight excluding hydrogens is 392 g/mol. The number of nitrogens with one attached hydrogen (secondary N) is 1. The van der Waals surface area contributed by atoms with Crippen LogP contribution in [-0.2, 0) is 19.2 Å². The number of carbonyl (C=O) groups is 2. The van der Waals surface area contributed by atoms with Crippen molar-refractivity contribution in [1.29, 1.82) is 0 Å². The van der Waals surface area contributed by atoms with Crippen LogP contribution in [0.1, 0.15) is 79.1 Å². The predicted molar refractivity (Wildman–Crippen MR) is 109 cm³/mol. The summed E-state index contributed by atoms with van der Waals surface area (Å²) in [7, 11) is 0. The maximum atomic E-state index is 13.2. The van der Waals surface area contributed by atoms with Gasteiger partial charge in [-0.05, 0) is 25.7 Å². The highest BCUT2D eigenvalue weighted by Gasteiger charge is 2.71. The monoisotopic (exact) mass is 430 g/mol. The third-order valence-electron chi connectivity index (χ3n) is 4.96. The highest BCUT2D eigenvalue weighted by molar-refractivity contribution is 5.84. The van der Waals surface area contributed by atoms with E-state index in [1.807, 2.05) is 27.7 Å². The number of amides is 4. The SMILES string of the molecule is CCCCON1C(=O)N(OCCCC)C2(OCCCC)C1NC(=O)N2OCCCC. The molecule has 0 aromatic carbocycles. The predicted octanol–water partition coefficient (Wildman–Crippen LogP) is 3.74. The van der Waals surface area contributed by atoms with Gasteiger partial charge in [-0.15, -0.1) is 10.1 Å². The first-order valence-corrected chi connectivity index (χ1v) is 11.3. The van der Waals surface area contributed by atoms with Gasteiger partial charge in [-0.3, -0.25) is 14.5 Å². The Balaban J connectivity index is 2.35. The van der Waals surface area contributed by atoms with Crippen LogP contribution in [0.2, 0.25) is 0 Å². The molecule has 0 aromatic heterocycles. The number of ether oxygens (including phenoxy) is 1. The minimum absolute atomic E-state index is 0.313. The van der Waals surface area contributed by atoms with Crippen molar-refractivity contribution in [2.45, 2.75) is 91.1 Å². The van der Waals surface area contributed by atoms with E-state index >= 15 is 0 Å². The fourth-order valence-corrected chi connectivity index (χ4v) is 3.17. The summed E-state index contributed by atoms with van der Waals surface area (Å²) < 4.78 is 6.19. The van der Waals surface area contributed by atoms with Gasteiger partial charge in [0.1, 0.15) is 0 Å². The van der Waals surface area contributed by atoms with E-state index in [0.717, 1.165) is 66.6 Å². The Morgan fingerprint density at radius 3 is 1.83 bits per heavy atom. The van der Waals surface area contributed by atoms with Gasteiger partial charge in [-0.2, -0.15) is 5.06 Å². The summed E-state index contributed by atoms with van der Waals surface area (Å²) in [6.07, 6.45) is 5.79. The topological polar surface area (TPSA) is 92.8 Å². The largest absolute Gasteiger partial charge is 0.374 e. The maximum Gasteiger partial charge on any atom is 0.374 e. The van der Waals surface area contributed by atoms with E-state index in [1.54, 1.807) is 0 Å². The molecule has 0 bridgehead atoms. The second-order valence-corrected chi connectivity index (χ2v) is 7.47. The summed E-state index contributed by atoms with van der Waals surface area (Å²) in [5.74, 6) is -1.59. The van der Waals surface area contributed by atoms with Crippen molar-refractivity contribution in [3.63, 3.8) is 0 Å². The van der Waals surface area contributed by atoms with Gasteiger partial charge >= 0.3 is 17.9 Å². The van der Waals surface area contributed by atoms with E-state index in [-0.39, 0.29) is 0 Å². The molecule has 1 N–H and O–H groups in total. The fourth-order valence-electron chi connectivity index (χ4n) is 3.17. The Morgan fingerprint density at radius 2 is 1.27 bits per heavy atom. The van der Waals surface area contributed by atoms with Crippen LogP contribution in [0, 0.1) is 0 Å². The Labute approximate surface area is 179 Å². The number of urea groups is 2. The van der Waals surface area contributed by atoms with E-state index in [2.05, 4.69) is 5.32 Å². The number of hydrogen-bond donors (Lipinski definition) is 1. The molecule has 2 saturated heterocycles. The molecule has 0 aliphatic carbocycles. The molecule has 0 saturated carbocycles. The van der Waals surface area contributed by atoms with E-state index in [4.69, 9.17) is 19.2 Å². The Bertz CT molecular complexity index is 551. The normalized spacial score (nSPS) is 23.5. The van der Waals surface area contributed by atoms with Crippen molar-refractivity contribution >= 4 is 12.1 Å². The average Bonchev–Trinajstić information content (AvgIpc) is 3.12. The summed E-state index contributed by atoms with van der Waals surface area (Å²) in [4.78, 5) is 43.4. The van der Waals surface area contributed by atoms with Crippen LogP contribution < -0.4 is 5.32 Å². The van der Waals surface area contributed by atoms with Crippen molar-refractivity contribution in [2.24, 2.45) is 0 Å². The molecule has 2 aliphatic heterocycles. The molecule has 10 nitrogen and oxygen atoms in total. The second-order valence-electron chi connectivity index (χ2n) is 7.47. The lowest BCUT2D eigenvalue weighted by molar-refractivity contribution is -0.376. The van der Waals surface area contributed by atoms with Crippen LogP contribution in [-0.4, -0.2) is 65.7 Å². The quantitative estimate of drug-likeness (QED) is 0.375.